The first-order chi connectivity index (χ1) is 22.4. The third kappa shape index (κ3) is 7.07. The van der Waals surface area contributed by atoms with Crippen LogP contribution in [0.2, 0.25) is 0 Å². The lowest BCUT2D eigenvalue weighted by Crippen LogP contribution is -2.65. The number of ether oxygens (including phenoxy) is 3. The van der Waals surface area contributed by atoms with Gasteiger partial charge in [0, 0.05) is 39.8 Å². The first-order valence-electron chi connectivity index (χ1n) is 17.2. The van der Waals surface area contributed by atoms with Gasteiger partial charge in [-0.3, -0.25) is 4.18 Å². The average molecular weight is 678 g/mol. The van der Waals surface area contributed by atoms with Crippen LogP contribution in [-0.2, 0) is 28.5 Å². The van der Waals surface area contributed by atoms with Crippen LogP contribution in [0.15, 0.2) is 15.3 Å². The van der Waals surface area contributed by atoms with Crippen LogP contribution in [0.5, 0.6) is 0 Å². The summed E-state index contributed by atoms with van der Waals surface area (Å²) >= 11 is 0. The molecule has 0 heterocycles. The van der Waals surface area contributed by atoms with Gasteiger partial charge in [0.05, 0.1) is 50.5 Å². The molecule has 16 heteroatoms. The molecule has 0 amide bonds. The molecule has 5 fully saturated rings. The first-order valence-corrected chi connectivity index (χ1v) is 19.0. The number of rotatable bonds is 15. The van der Waals surface area contributed by atoms with Crippen molar-refractivity contribution in [2.45, 2.75) is 103 Å². The van der Waals surface area contributed by atoms with E-state index in [0.29, 0.717) is 44.6 Å². The molecule has 3 unspecified atom stereocenters. The minimum absolute atomic E-state index is 0.0293. The van der Waals surface area contributed by atoms with Crippen molar-refractivity contribution >= 4 is 10.1 Å². The fraction of sp³-hybridized carbons (Fsp3) is 1.00. The van der Waals surface area contributed by atoms with Gasteiger partial charge >= 0.3 is 0 Å². The quantitative estimate of drug-likeness (QED) is 0.0578. The Balaban J connectivity index is 1.48. The number of nitrogens with zero attached hydrogens (tertiary/aromatic N) is 9. The summed E-state index contributed by atoms with van der Waals surface area (Å²) in [6.07, 6.45) is 8.85. The topological polar surface area (TPSA) is 217 Å². The maximum absolute atomic E-state index is 12.3. The summed E-state index contributed by atoms with van der Waals surface area (Å²) in [7, 11) is -3.61. The molecule has 0 bridgehead atoms. The molecule has 5 aliphatic rings. The molecule has 15 nitrogen and oxygen atoms in total. The van der Waals surface area contributed by atoms with Gasteiger partial charge in [-0.05, 0) is 115 Å². The van der Waals surface area contributed by atoms with Gasteiger partial charge in [-0.1, -0.05) is 36.1 Å². The highest BCUT2D eigenvalue weighted by molar-refractivity contribution is 7.86. The van der Waals surface area contributed by atoms with Crippen molar-refractivity contribution in [2.24, 2.45) is 61.2 Å². The third-order valence-electron chi connectivity index (χ3n) is 13.2. The first kappa shape index (κ1) is 36.0. The fourth-order valence-electron chi connectivity index (χ4n) is 11.1. The van der Waals surface area contributed by atoms with E-state index in [1.807, 2.05) is 0 Å². The van der Waals surface area contributed by atoms with E-state index < -0.39 is 10.1 Å². The summed E-state index contributed by atoms with van der Waals surface area (Å²) in [6.45, 7) is 8.92. The van der Waals surface area contributed by atoms with Gasteiger partial charge < -0.3 is 14.2 Å². The van der Waals surface area contributed by atoms with Crippen molar-refractivity contribution < 1.29 is 26.8 Å². The Morgan fingerprint density at radius 3 is 1.94 bits per heavy atom. The Hall–Kier alpha value is -2.28. The van der Waals surface area contributed by atoms with Crippen LogP contribution in [0.25, 0.3) is 31.3 Å². The third-order valence-corrected chi connectivity index (χ3v) is 13.8. The van der Waals surface area contributed by atoms with Gasteiger partial charge in [0.1, 0.15) is 0 Å². The largest absolute Gasteiger partial charge is 0.378 e. The minimum atomic E-state index is -3.61. The number of fused-ring (bicyclic) bond motifs is 5. The normalized spacial score (nSPS) is 42.3. The lowest BCUT2D eigenvalue weighted by molar-refractivity contribution is -0.238. The van der Waals surface area contributed by atoms with Gasteiger partial charge in [0.15, 0.2) is 0 Å². The van der Waals surface area contributed by atoms with Gasteiger partial charge in [-0.15, -0.1) is 0 Å². The molecule has 0 radical (unpaired) electrons. The van der Waals surface area contributed by atoms with E-state index in [-0.39, 0.29) is 71.5 Å². The van der Waals surface area contributed by atoms with Crippen LogP contribution in [-0.4, -0.2) is 78.5 Å². The highest BCUT2D eigenvalue weighted by Gasteiger charge is 2.70. The Morgan fingerprint density at radius 1 is 0.723 bits per heavy atom. The molecular formula is C31H51N9O6S. The summed E-state index contributed by atoms with van der Waals surface area (Å²) in [5, 5.41) is 11.1. The van der Waals surface area contributed by atoms with Crippen LogP contribution in [0, 0.1) is 45.8 Å². The summed E-state index contributed by atoms with van der Waals surface area (Å²) in [5.41, 5.74) is 25.9. The molecule has 5 saturated carbocycles. The molecule has 0 aliphatic heterocycles. The lowest BCUT2D eigenvalue weighted by atomic mass is 9.41. The second-order valence-corrected chi connectivity index (χ2v) is 16.8. The van der Waals surface area contributed by atoms with E-state index in [4.69, 9.17) is 35.0 Å². The van der Waals surface area contributed by atoms with Gasteiger partial charge in [0.2, 0.25) is 0 Å². The molecule has 0 saturated heterocycles. The predicted molar refractivity (Wildman–Crippen MR) is 174 cm³/mol. The van der Waals surface area contributed by atoms with Crippen molar-refractivity contribution in [1.82, 2.24) is 0 Å². The van der Waals surface area contributed by atoms with Crippen molar-refractivity contribution in [2.75, 3.05) is 45.7 Å². The van der Waals surface area contributed by atoms with E-state index in [1.165, 1.54) is 0 Å². The van der Waals surface area contributed by atoms with E-state index in [9.17, 15) is 8.42 Å². The van der Waals surface area contributed by atoms with Crippen LogP contribution in [0.4, 0.5) is 0 Å². The summed E-state index contributed by atoms with van der Waals surface area (Å²) < 4.78 is 49.9. The molecule has 0 aromatic heterocycles. The molecule has 0 spiro atoms. The number of hydrogen-bond donors (Lipinski definition) is 0. The van der Waals surface area contributed by atoms with Crippen LogP contribution in [0.1, 0.15) is 78.6 Å². The molecule has 262 valence electrons. The maximum Gasteiger partial charge on any atom is 0.264 e. The zero-order chi connectivity index (χ0) is 33.9. The Morgan fingerprint density at radius 2 is 1.34 bits per heavy atom. The Bertz CT molecular complexity index is 1380. The summed E-state index contributed by atoms with van der Waals surface area (Å²) in [5.74, 6) is 1.38. The zero-order valence-electron chi connectivity index (χ0n) is 28.2. The highest BCUT2D eigenvalue weighted by Crippen LogP contribution is 2.72. The minimum Gasteiger partial charge on any atom is -0.378 e. The van der Waals surface area contributed by atoms with Gasteiger partial charge in [0.25, 0.3) is 10.1 Å². The standard InChI is InChI=1S/C31H51N9O6S/c1-29-9-7-21(43-14-11-35-38-32)17-20(29)18-24(44-15-12-36-39-33)28-22-5-6-25(30(2)10-8-26(30)46-47(4,41)42)31(22,3)27(19-23(28)29)45-16-13-37-40-34/h20-28H,5-19H2,1-4H3/t20?,21-,22+,23+,24-,25-,26?,27+,28?,29+,30-,31+/m1/s1. The van der Waals surface area contributed by atoms with E-state index in [1.54, 1.807) is 0 Å². The second kappa shape index (κ2) is 14.7. The molecular weight excluding hydrogens is 626 g/mol. The Labute approximate surface area is 277 Å². The molecule has 0 N–H and O–H groups in total. The highest BCUT2D eigenvalue weighted by atomic mass is 32.2. The molecule has 12 atom stereocenters. The van der Waals surface area contributed by atoms with Crippen molar-refractivity contribution in [3.05, 3.63) is 31.3 Å². The van der Waals surface area contributed by atoms with Crippen LogP contribution in [0.3, 0.4) is 0 Å². The van der Waals surface area contributed by atoms with Crippen molar-refractivity contribution in [3.8, 4) is 0 Å². The average Bonchev–Trinajstić information content (AvgIpc) is 3.39. The monoisotopic (exact) mass is 677 g/mol. The van der Waals surface area contributed by atoms with Crippen LogP contribution < -0.4 is 0 Å². The lowest BCUT2D eigenvalue weighted by Gasteiger charge is -2.66. The van der Waals surface area contributed by atoms with Crippen molar-refractivity contribution in [1.29, 1.82) is 0 Å². The fourth-order valence-corrected chi connectivity index (χ4v) is 11.8. The molecule has 0 aromatic rings. The Kier molecular flexibility index (Phi) is 11.2. The smallest absolute Gasteiger partial charge is 0.264 e. The molecule has 5 rings (SSSR count). The van der Waals surface area contributed by atoms with Crippen molar-refractivity contribution in [3.63, 3.8) is 0 Å². The van der Waals surface area contributed by atoms with Crippen LogP contribution >= 0.6 is 0 Å². The van der Waals surface area contributed by atoms with Gasteiger partial charge in [-0.25, -0.2) is 0 Å². The van der Waals surface area contributed by atoms with Gasteiger partial charge in [-0.2, -0.15) is 8.42 Å². The van der Waals surface area contributed by atoms with E-state index >= 15 is 0 Å². The zero-order valence-corrected chi connectivity index (χ0v) is 29.0. The molecule has 5 aliphatic carbocycles. The second-order valence-electron chi connectivity index (χ2n) is 15.2. The molecule has 0 aromatic carbocycles. The maximum atomic E-state index is 12.3. The predicted octanol–water partition coefficient (Wildman–Crippen LogP) is 7.10. The SMILES string of the molecule is C[C@]12[C@@H](OCCN=[N+]=[N-])C[C@H]3C([C@H](OCCN=[N+]=[N-])CC4C[C@H](OCCN=[N+]=[N-])CC[C@@]43C)[C@@H]1CC[C@@H]2[C@@]1(C)CCC1OS(C)(=O)=O. The number of azide groups is 3. The summed E-state index contributed by atoms with van der Waals surface area (Å²) in [4.78, 5) is 8.70. The molecule has 47 heavy (non-hydrogen) atoms. The summed E-state index contributed by atoms with van der Waals surface area (Å²) in [6, 6.07) is 0. The van der Waals surface area contributed by atoms with E-state index in [0.717, 1.165) is 57.6 Å². The number of hydrogen-bond acceptors (Lipinski definition) is 9. The van der Waals surface area contributed by atoms with E-state index in [2.05, 4.69) is 50.8 Å².